The van der Waals surface area contributed by atoms with Crippen LogP contribution in [-0.4, -0.2) is 49.5 Å². The standard InChI is InChI=1S/C14H24ClN3O2/c1-4-19-8-6-18(7-9-20-5-2)14-16-11-13(10-15)12(3)17-14/h11H,4-10H2,1-3H3. The summed E-state index contributed by atoms with van der Waals surface area (Å²) >= 11 is 5.84. The van der Waals surface area contributed by atoms with Gasteiger partial charge in [-0.15, -0.1) is 11.6 Å². The number of hydrogen-bond acceptors (Lipinski definition) is 5. The maximum Gasteiger partial charge on any atom is 0.225 e. The topological polar surface area (TPSA) is 47.5 Å². The van der Waals surface area contributed by atoms with Gasteiger partial charge in [0.1, 0.15) is 0 Å². The summed E-state index contributed by atoms with van der Waals surface area (Å²) in [7, 11) is 0. The van der Waals surface area contributed by atoms with Crippen molar-refractivity contribution in [2.75, 3.05) is 44.4 Å². The predicted molar refractivity (Wildman–Crippen MR) is 81.5 cm³/mol. The van der Waals surface area contributed by atoms with E-state index < -0.39 is 0 Å². The number of halogens is 1. The van der Waals surface area contributed by atoms with Gasteiger partial charge in [-0.3, -0.25) is 0 Å². The highest BCUT2D eigenvalue weighted by atomic mass is 35.5. The van der Waals surface area contributed by atoms with Crippen LogP contribution in [0.2, 0.25) is 0 Å². The van der Waals surface area contributed by atoms with Crippen LogP contribution in [0.1, 0.15) is 25.1 Å². The molecule has 0 amide bonds. The van der Waals surface area contributed by atoms with Gasteiger partial charge in [0.05, 0.1) is 19.1 Å². The summed E-state index contributed by atoms with van der Waals surface area (Å²) in [5, 5.41) is 0. The summed E-state index contributed by atoms with van der Waals surface area (Å²) in [5.74, 6) is 1.14. The summed E-state index contributed by atoms with van der Waals surface area (Å²) < 4.78 is 10.8. The second-order valence-corrected chi connectivity index (χ2v) is 4.56. The second-order valence-electron chi connectivity index (χ2n) is 4.30. The third-order valence-corrected chi connectivity index (χ3v) is 3.20. The van der Waals surface area contributed by atoms with Crippen molar-refractivity contribution in [2.24, 2.45) is 0 Å². The SMILES string of the molecule is CCOCCN(CCOCC)c1ncc(CCl)c(C)n1. The summed E-state index contributed by atoms with van der Waals surface area (Å²) in [5.41, 5.74) is 1.88. The minimum absolute atomic E-state index is 0.435. The van der Waals surface area contributed by atoms with Gasteiger partial charge in [-0.25, -0.2) is 9.97 Å². The number of aromatic nitrogens is 2. The molecule has 20 heavy (non-hydrogen) atoms. The van der Waals surface area contributed by atoms with Crippen LogP contribution in [0.4, 0.5) is 5.95 Å². The third-order valence-electron chi connectivity index (χ3n) is 2.91. The molecule has 0 aromatic carbocycles. The fourth-order valence-electron chi connectivity index (χ4n) is 1.71. The Morgan fingerprint density at radius 2 is 1.75 bits per heavy atom. The van der Waals surface area contributed by atoms with Crippen molar-refractivity contribution in [3.63, 3.8) is 0 Å². The molecule has 0 radical (unpaired) electrons. The van der Waals surface area contributed by atoms with Crippen molar-refractivity contribution in [3.05, 3.63) is 17.5 Å². The monoisotopic (exact) mass is 301 g/mol. The van der Waals surface area contributed by atoms with Gasteiger partial charge >= 0.3 is 0 Å². The Morgan fingerprint density at radius 1 is 1.15 bits per heavy atom. The Kier molecular flexibility index (Phi) is 8.49. The van der Waals surface area contributed by atoms with Crippen molar-refractivity contribution < 1.29 is 9.47 Å². The third kappa shape index (κ3) is 5.61. The molecule has 0 spiro atoms. The molecule has 0 N–H and O–H groups in total. The average Bonchev–Trinajstić information content (AvgIpc) is 2.46. The Balaban J connectivity index is 2.71. The van der Waals surface area contributed by atoms with Gasteiger partial charge in [-0.2, -0.15) is 0 Å². The normalized spacial score (nSPS) is 10.8. The van der Waals surface area contributed by atoms with Crippen LogP contribution in [0, 0.1) is 6.92 Å². The molecule has 0 aliphatic rings. The van der Waals surface area contributed by atoms with Gasteiger partial charge < -0.3 is 14.4 Å². The molecule has 0 bridgehead atoms. The van der Waals surface area contributed by atoms with Gasteiger partial charge in [0.2, 0.25) is 5.95 Å². The first kappa shape index (κ1) is 17.1. The molecule has 0 saturated carbocycles. The molecule has 0 aliphatic heterocycles. The van der Waals surface area contributed by atoms with E-state index in [0.29, 0.717) is 38.3 Å². The number of alkyl halides is 1. The zero-order valence-electron chi connectivity index (χ0n) is 12.6. The van der Waals surface area contributed by atoms with Crippen molar-refractivity contribution in [1.29, 1.82) is 0 Å². The van der Waals surface area contributed by atoms with Gasteiger partial charge in [-0.05, 0) is 20.8 Å². The first-order valence-electron chi connectivity index (χ1n) is 7.01. The molecular formula is C14H24ClN3O2. The first-order chi connectivity index (χ1) is 9.72. The lowest BCUT2D eigenvalue weighted by molar-refractivity contribution is 0.141. The van der Waals surface area contributed by atoms with Crippen molar-refractivity contribution in [2.45, 2.75) is 26.7 Å². The van der Waals surface area contributed by atoms with Gasteiger partial charge in [0.25, 0.3) is 0 Å². The quantitative estimate of drug-likeness (QED) is 0.490. The summed E-state index contributed by atoms with van der Waals surface area (Å²) in [6.07, 6.45) is 1.79. The largest absolute Gasteiger partial charge is 0.380 e. The number of rotatable bonds is 10. The second kappa shape index (κ2) is 9.91. The van der Waals surface area contributed by atoms with Crippen molar-refractivity contribution in [3.8, 4) is 0 Å². The smallest absolute Gasteiger partial charge is 0.225 e. The summed E-state index contributed by atoms with van der Waals surface area (Å²) in [6, 6.07) is 0. The molecule has 1 aromatic heterocycles. The van der Waals surface area contributed by atoms with E-state index >= 15 is 0 Å². The van der Waals surface area contributed by atoms with Crippen LogP contribution in [0.5, 0.6) is 0 Å². The number of nitrogens with zero attached hydrogens (tertiary/aromatic N) is 3. The van der Waals surface area contributed by atoms with E-state index in [4.69, 9.17) is 21.1 Å². The van der Waals surface area contributed by atoms with E-state index in [0.717, 1.165) is 24.3 Å². The number of anilines is 1. The molecule has 0 aliphatic carbocycles. The van der Waals surface area contributed by atoms with Gasteiger partial charge in [0, 0.05) is 43.8 Å². The molecule has 114 valence electrons. The molecule has 0 fully saturated rings. The zero-order chi connectivity index (χ0) is 14.8. The maximum atomic E-state index is 5.84. The van der Waals surface area contributed by atoms with Crippen LogP contribution in [-0.2, 0) is 15.4 Å². The molecule has 0 atom stereocenters. The molecule has 1 rings (SSSR count). The predicted octanol–water partition coefficient (Wildman–Crippen LogP) is 2.40. The minimum atomic E-state index is 0.435. The Hall–Kier alpha value is -0.910. The van der Waals surface area contributed by atoms with E-state index in [1.807, 2.05) is 20.8 Å². The molecule has 0 saturated heterocycles. The number of ether oxygens (including phenoxy) is 2. The Labute approximate surface area is 126 Å². The summed E-state index contributed by atoms with van der Waals surface area (Å²) in [4.78, 5) is 11.0. The van der Waals surface area contributed by atoms with E-state index in [-0.39, 0.29) is 0 Å². The highest BCUT2D eigenvalue weighted by Crippen LogP contribution is 2.12. The minimum Gasteiger partial charge on any atom is -0.380 e. The van der Waals surface area contributed by atoms with Crippen LogP contribution in [0.15, 0.2) is 6.20 Å². The van der Waals surface area contributed by atoms with E-state index in [2.05, 4.69) is 14.9 Å². The molecular weight excluding hydrogens is 278 g/mol. The van der Waals surface area contributed by atoms with Crippen LogP contribution in [0.25, 0.3) is 0 Å². The fraction of sp³-hybridized carbons (Fsp3) is 0.714. The van der Waals surface area contributed by atoms with Gasteiger partial charge in [0.15, 0.2) is 0 Å². The van der Waals surface area contributed by atoms with Crippen LogP contribution in [0.3, 0.4) is 0 Å². The van der Waals surface area contributed by atoms with Gasteiger partial charge in [-0.1, -0.05) is 0 Å². The lowest BCUT2D eigenvalue weighted by Gasteiger charge is -2.23. The van der Waals surface area contributed by atoms with Crippen molar-refractivity contribution in [1.82, 2.24) is 9.97 Å². The number of hydrogen-bond donors (Lipinski definition) is 0. The summed E-state index contributed by atoms with van der Waals surface area (Å²) in [6.45, 7) is 10.2. The highest BCUT2D eigenvalue weighted by molar-refractivity contribution is 6.17. The van der Waals surface area contributed by atoms with E-state index in [1.165, 1.54) is 0 Å². The lowest BCUT2D eigenvalue weighted by Crippen LogP contribution is -2.32. The molecule has 5 nitrogen and oxygen atoms in total. The molecule has 6 heteroatoms. The maximum absolute atomic E-state index is 5.84. The van der Waals surface area contributed by atoms with E-state index in [1.54, 1.807) is 6.20 Å². The fourth-order valence-corrected chi connectivity index (χ4v) is 1.98. The number of aryl methyl sites for hydroxylation is 1. The molecule has 1 heterocycles. The average molecular weight is 302 g/mol. The van der Waals surface area contributed by atoms with E-state index in [9.17, 15) is 0 Å². The zero-order valence-corrected chi connectivity index (χ0v) is 13.3. The first-order valence-corrected chi connectivity index (χ1v) is 7.55. The molecule has 0 unspecified atom stereocenters. The van der Waals surface area contributed by atoms with Crippen molar-refractivity contribution >= 4 is 17.5 Å². The van der Waals surface area contributed by atoms with Crippen LogP contribution < -0.4 is 4.90 Å². The Bertz CT molecular complexity index is 381. The lowest BCUT2D eigenvalue weighted by atomic mass is 10.3. The highest BCUT2D eigenvalue weighted by Gasteiger charge is 2.11. The van der Waals surface area contributed by atoms with Crippen LogP contribution >= 0.6 is 11.6 Å². The Morgan fingerprint density at radius 3 is 2.20 bits per heavy atom. The molecule has 1 aromatic rings.